The van der Waals surface area contributed by atoms with Crippen molar-refractivity contribution in [1.82, 2.24) is 24.6 Å². The van der Waals surface area contributed by atoms with Crippen LogP contribution in [0.25, 0.3) is 21.9 Å². The predicted octanol–water partition coefficient (Wildman–Crippen LogP) is 14.5. The Balaban J connectivity index is 0.000000187. The number of hydrogen-bond acceptors (Lipinski definition) is 11. The zero-order valence-electron chi connectivity index (χ0n) is 50.1. The summed E-state index contributed by atoms with van der Waals surface area (Å²) in [6.07, 6.45) is -4.24. The van der Waals surface area contributed by atoms with Gasteiger partial charge >= 0.3 is 18.5 Å². The number of rotatable bonds is 13. The fraction of sp³-hybridized carbons (Fsp3) is 0.382. The number of aromatic nitrogens is 1. The summed E-state index contributed by atoms with van der Waals surface area (Å²) in [5.41, 5.74) is 2.12. The molecule has 4 fully saturated rings. The Hall–Kier alpha value is -8.73. The van der Waals surface area contributed by atoms with Crippen LogP contribution in [0.2, 0.25) is 0 Å². The van der Waals surface area contributed by atoms with Crippen molar-refractivity contribution in [2.24, 2.45) is 0 Å². The van der Waals surface area contributed by atoms with E-state index < -0.39 is 35.2 Å². The van der Waals surface area contributed by atoms with Crippen molar-refractivity contribution in [2.45, 2.75) is 101 Å². The van der Waals surface area contributed by atoms with E-state index in [1.807, 2.05) is 23.1 Å². The van der Waals surface area contributed by atoms with E-state index in [0.29, 0.717) is 113 Å². The molecular weight excluding hydrogens is 1200 g/mol. The van der Waals surface area contributed by atoms with Crippen molar-refractivity contribution >= 4 is 51.0 Å². The summed E-state index contributed by atoms with van der Waals surface area (Å²) in [5, 5.41) is 1.51. The number of hydrogen-bond donors (Lipinski definition) is 0. The molecule has 14 nitrogen and oxygen atoms in total. The van der Waals surface area contributed by atoms with Gasteiger partial charge in [-0.3, -0.25) is 24.3 Å². The first-order valence-electron chi connectivity index (χ1n) is 30.4. The molecule has 480 valence electrons. The van der Waals surface area contributed by atoms with Gasteiger partial charge in [-0.1, -0.05) is 12.1 Å². The number of halogens is 9. The molecule has 4 aliphatic rings. The second kappa shape index (κ2) is 27.0. The number of nitrogens with zero attached hydrogens (tertiary/aromatic N) is 7. The Kier molecular flexibility index (Phi) is 18.9. The van der Waals surface area contributed by atoms with Crippen LogP contribution < -0.4 is 19.3 Å². The number of likely N-dealkylation sites (tertiary alicyclic amines) is 2. The van der Waals surface area contributed by atoms with Crippen molar-refractivity contribution in [1.29, 1.82) is 0 Å². The van der Waals surface area contributed by atoms with Gasteiger partial charge in [0.1, 0.15) is 34.9 Å². The van der Waals surface area contributed by atoms with E-state index >= 15 is 0 Å². The van der Waals surface area contributed by atoms with E-state index in [-0.39, 0.29) is 53.5 Å². The lowest BCUT2D eigenvalue weighted by Gasteiger charge is -2.36. The Morgan fingerprint density at radius 3 is 1.26 bits per heavy atom. The van der Waals surface area contributed by atoms with E-state index in [1.165, 1.54) is 36.4 Å². The fourth-order valence-electron chi connectivity index (χ4n) is 12.3. The standard InChI is InChI=1S/C35H35F6N3O3.C33H33F3N4O4/c1-42(27-12-16-43(17-13-27)22-23-2-4-25(5-3-23)34(36,37)38)33(45)32-21-24-20-30(10-11-31(24)47-32)46-29-14-18-44(19-15-29)28-8-6-26(7-9-28)35(39,40)41;1-38(25-10-16-40(17-11-25)31(41)22-8-14-37-15-9-22)32(42)30-21-23-20-28(6-7-29(23)44-30)43-27-12-18-39(19-13-27)26-4-2-24(3-5-26)33(34,35)36/h2-11,20-21,27,29H,12-19,22H2,1H3;2-9,14-15,20-21,25,27H,10-13,16-19H2,1H3. The lowest BCUT2D eigenvalue weighted by molar-refractivity contribution is -0.138. The summed E-state index contributed by atoms with van der Waals surface area (Å²) in [6, 6.07) is 33.5. The molecule has 7 heterocycles. The van der Waals surface area contributed by atoms with Gasteiger partial charge in [-0.15, -0.1) is 0 Å². The average molecular weight is 1270 g/mol. The molecular formula is C68H68F9N7O7. The number of fused-ring (bicyclic) bond motifs is 2. The monoisotopic (exact) mass is 1270 g/mol. The number of amides is 3. The average Bonchev–Trinajstić information content (AvgIpc) is 1.78. The van der Waals surface area contributed by atoms with Gasteiger partial charge in [-0.25, -0.2) is 0 Å². The second-order valence-electron chi connectivity index (χ2n) is 23.6. The lowest BCUT2D eigenvalue weighted by atomic mass is 10.0. The highest BCUT2D eigenvalue weighted by Gasteiger charge is 2.35. The number of carbonyl (C=O) groups is 3. The van der Waals surface area contributed by atoms with Gasteiger partial charge in [0, 0.05) is 151 Å². The van der Waals surface area contributed by atoms with E-state index in [4.69, 9.17) is 18.3 Å². The van der Waals surface area contributed by atoms with Crippen LogP contribution in [0.15, 0.2) is 155 Å². The number of benzene rings is 5. The summed E-state index contributed by atoms with van der Waals surface area (Å²) < 4.78 is 140. The maximum absolute atomic E-state index is 13.4. The molecule has 12 rings (SSSR count). The molecule has 4 aliphatic heterocycles. The predicted molar refractivity (Wildman–Crippen MR) is 324 cm³/mol. The van der Waals surface area contributed by atoms with E-state index in [1.54, 1.807) is 78.8 Å². The highest BCUT2D eigenvalue weighted by atomic mass is 19.4. The molecule has 3 aromatic heterocycles. The first kappa shape index (κ1) is 63.8. The van der Waals surface area contributed by atoms with Crippen LogP contribution in [0.1, 0.15) is 105 Å². The topological polar surface area (TPSA) is 128 Å². The van der Waals surface area contributed by atoms with Crippen molar-refractivity contribution in [3.05, 3.63) is 185 Å². The summed E-state index contributed by atoms with van der Waals surface area (Å²) >= 11 is 0. The Labute approximate surface area is 519 Å². The molecule has 0 spiro atoms. The molecule has 0 aliphatic carbocycles. The van der Waals surface area contributed by atoms with Gasteiger partial charge in [0.15, 0.2) is 11.5 Å². The SMILES string of the molecule is CN(C(=O)c1cc2cc(OC3CCN(c4ccc(C(F)(F)F)cc4)CC3)ccc2o1)C1CCN(C(=O)c2ccncc2)CC1.CN(C(=O)c1cc2cc(OC3CCN(c4ccc(C(F)(F)F)cc4)CC3)ccc2o1)C1CCN(Cc2ccc(C(F)(F)F)cc2)CC1. The minimum atomic E-state index is -4.36. The third-order valence-electron chi connectivity index (χ3n) is 17.7. The Bertz CT molecular complexity index is 3770. The van der Waals surface area contributed by atoms with Gasteiger partial charge in [0.05, 0.1) is 16.7 Å². The minimum absolute atomic E-state index is 0.00639. The quantitative estimate of drug-likeness (QED) is 0.102. The summed E-state index contributed by atoms with van der Waals surface area (Å²) in [4.78, 5) is 54.9. The Morgan fingerprint density at radius 2 is 0.868 bits per heavy atom. The zero-order chi connectivity index (χ0) is 64.2. The van der Waals surface area contributed by atoms with E-state index in [9.17, 15) is 53.9 Å². The second-order valence-corrected chi connectivity index (χ2v) is 23.6. The lowest BCUT2D eigenvalue weighted by Crippen LogP contribution is -2.47. The Morgan fingerprint density at radius 1 is 0.484 bits per heavy atom. The van der Waals surface area contributed by atoms with Crippen LogP contribution in [0.3, 0.4) is 0 Å². The number of alkyl halides is 9. The molecule has 0 unspecified atom stereocenters. The van der Waals surface area contributed by atoms with E-state index in [2.05, 4.69) is 19.7 Å². The summed E-state index contributed by atoms with van der Waals surface area (Å²) in [5.74, 6) is 1.35. The third-order valence-corrected chi connectivity index (χ3v) is 17.7. The molecule has 8 aromatic rings. The van der Waals surface area contributed by atoms with Crippen molar-refractivity contribution < 1.29 is 72.2 Å². The molecule has 5 aromatic carbocycles. The van der Waals surface area contributed by atoms with Gasteiger partial charge in [0.2, 0.25) is 0 Å². The van der Waals surface area contributed by atoms with Gasteiger partial charge in [-0.05, 0) is 153 Å². The first-order valence-corrected chi connectivity index (χ1v) is 30.4. The van der Waals surface area contributed by atoms with Crippen molar-refractivity contribution in [2.75, 3.05) is 76.3 Å². The molecule has 0 saturated carbocycles. The summed E-state index contributed by atoms with van der Waals surface area (Å²) in [7, 11) is 3.53. The number of piperidine rings is 4. The number of pyridine rings is 1. The number of anilines is 2. The van der Waals surface area contributed by atoms with Crippen LogP contribution >= 0.6 is 0 Å². The highest BCUT2D eigenvalue weighted by Crippen LogP contribution is 2.36. The van der Waals surface area contributed by atoms with Gasteiger partial charge in [-0.2, -0.15) is 39.5 Å². The van der Waals surface area contributed by atoms with Crippen LogP contribution in [-0.4, -0.2) is 133 Å². The van der Waals surface area contributed by atoms with Gasteiger partial charge < -0.3 is 42.8 Å². The fourth-order valence-corrected chi connectivity index (χ4v) is 12.3. The number of carbonyl (C=O) groups excluding carboxylic acids is 3. The van der Waals surface area contributed by atoms with Crippen molar-refractivity contribution in [3.63, 3.8) is 0 Å². The third kappa shape index (κ3) is 15.5. The maximum atomic E-state index is 13.4. The highest BCUT2D eigenvalue weighted by molar-refractivity contribution is 5.97. The molecule has 0 bridgehead atoms. The molecule has 0 atom stereocenters. The van der Waals surface area contributed by atoms with Crippen LogP contribution in [0, 0.1) is 0 Å². The van der Waals surface area contributed by atoms with Gasteiger partial charge in [0.25, 0.3) is 17.7 Å². The smallest absolute Gasteiger partial charge is 0.416 e. The molecule has 0 radical (unpaired) electrons. The number of furan rings is 2. The molecule has 0 N–H and O–H groups in total. The first-order chi connectivity index (χ1) is 43.5. The number of ether oxygens (including phenoxy) is 2. The van der Waals surface area contributed by atoms with Crippen LogP contribution in [0.4, 0.5) is 50.9 Å². The van der Waals surface area contributed by atoms with Crippen molar-refractivity contribution in [3.8, 4) is 11.5 Å². The molecule has 91 heavy (non-hydrogen) atoms. The normalized spacial score (nSPS) is 17.0. The maximum Gasteiger partial charge on any atom is 0.416 e. The van der Waals surface area contributed by atoms with Crippen LogP contribution in [0.5, 0.6) is 11.5 Å². The molecule has 4 saturated heterocycles. The molecule has 23 heteroatoms. The molecule has 3 amide bonds. The minimum Gasteiger partial charge on any atom is -0.490 e. The zero-order valence-corrected chi connectivity index (χ0v) is 50.1. The van der Waals surface area contributed by atoms with Crippen LogP contribution in [-0.2, 0) is 25.1 Å². The largest absolute Gasteiger partial charge is 0.490 e. The van der Waals surface area contributed by atoms with E-state index in [0.717, 1.165) is 89.8 Å². The summed E-state index contributed by atoms with van der Waals surface area (Å²) in [6.45, 7) is 5.76.